The number of carbonyl (C=O) groups is 1. The molecule has 2 aromatic rings. The molecule has 8 nitrogen and oxygen atoms in total. The van der Waals surface area contributed by atoms with Gasteiger partial charge in [-0.15, -0.1) is 0 Å². The minimum absolute atomic E-state index is 0.0828. The number of aromatic nitrogens is 4. The van der Waals surface area contributed by atoms with Crippen molar-refractivity contribution in [2.24, 2.45) is 0 Å². The van der Waals surface area contributed by atoms with Crippen molar-refractivity contribution in [3.05, 3.63) is 18.1 Å². The molecule has 2 aromatic heterocycles. The quantitative estimate of drug-likeness (QED) is 0.889. The molecular weight excluding hydrogens is 318 g/mol. The lowest BCUT2D eigenvalue weighted by Gasteiger charge is -2.25. The second kappa shape index (κ2) is 6.95. The van der Waals surface area contributed by atoms with Gasteiger partial charge in [0.2, 0.25) is 5.91 Å². The van der Waals surface area contributed by atoms with E-state index in [-0.39, 0.29) is 11.4 Å². The molecule has 1 saturated heterocycles. The highest BCUT2D eigenvalue weighted by atomic mass is 16.2. The van der Waals surface area contributed by atoms with Crippen molar-refractivity contribution >= 4 is 17.5 Å². The lowest BCUT2D eigenvalue weighted by molar-refractivity contribution is -0.123. The molecular formula is C17H27N7O. The number of rotatable bonds is 3. The lowest BCUT2D eigenvalue weighted by atomic mass is 10.1. The molecule has 0 aromatic carbocycles. The molecule has 1 amide bonds. The Morgan fingerprint density at radius 1 is 1.24 bits per heavy atom. The summed E-state index contributed by atoms with van der Waals surface area (Å²) in [5, 5.41) is 7.33. The maximum Gasteiger partial charge on any atom is 0.254 e. The van der Waals surface area contributed by atoms with Crippen molar-refractivity contribution in [1.82, 2.24) is 29.8 Å². The minimum Gasteiger partial charge on any atom is -0.355 e. The summed E-state index contributed by atoms with van der Waals surface area (Å²) in [5.74, 6) is 1.72. The van der Waals surface area contributed by atoms with Crippen molar-refractivity contribution in [3.8, 4) is 0 Å². The average molecular weight is 345 g/mol. The molecule has 25 heavy (non-hydrogen) atoms. The number of anilines is 1. The Bertz CT molecular complexity index is 749. The van der Waals surface area contributed by atoms with Gasteiger partial charge in [0.05, 0.1) is 6.54 Å². The zero-order valence-corrected chi connectivity index (χ0v) is 15.5. The van der Waals surface area contributed by atoms with Crippen LogP contribution in [-0.4, -0.2) is 68.7 Å². The molecule has 0 saturated carbocycles. The Balaban J connectivity index is 1.67. The minimum atomic E-state index is -0.192. The third kappa shape index (κ3) is 4.45. The molecule has 0 radical (unpaired) electrons. The number of hydrogen-bond donors (Lipinski definition) is 1. The molecule has 3 rings (SSSR count). The number of aryl methyl sites for hydroxylation is 1. The van der Waals surface area contributed by atoms with Gasteiger partial charge >= 0.3 is 0 Å². The van der Waals surface area contributed by atoms with Crippen LogP contribution in [0.3, 0.4) is 0 Å². The summed E-state index contributed by atoms with van der Waals surface area (Å²) >= 11 is 0. The first kappa shape index (κ1) is 17.6. The van der Waals surface area contributed by atoms with E-state index in [2.05, 4.69) is 30.2 Å². The van der Waals surface area contributed by atoms with Gasteiger partial charge in [-0.05, 0) is 34.1 Å². The van der Waals surface area contributed by atoms with Crippen molar-refractivity contribution < 1.29 is 4.79 Å². The Labute approximate surface area is 148 Å². The molecule has 0 bridgehead atoms. The van der Waals surface area contributed by atoms with E-state index >= 15 is 0 Å². The van der Waals surface area contributed by atoms with Gasteiger partial charge < -0.3 is 10.2 Å². The number of fused-ring (bicyclic) bond motifs is 1. The molecule has 1 N–H and O–H groups in total. The Hall–Kier alpha value is -2.22. The number of nitrogens with zero attached hydrogens (tertiary/aromatic N) is 6. The van der Waals surface area contributed by atoms with E-state index in [9.17, 15) is 4.79 Å². The summed E-state index contributed by atoms with van der Waals surface area (Å²) in [4.78, 5) is 25.3. The largest absolute Gasteiger partial charge is 0.355 e. The molecule has 136 valence electrons. The summed E-state index contributed by atoms with van der Waals surface area (Å²) in [7, 11) is 0. The smallest absolute Gasteiger partial charge is 0.254 e. The zero-order chi connectivity index (χ0) is 18.0. The van der Waals surface area contributed by atoms with Crippen LogP contribution in [0.25, 0.3) is 5.78 Å². The second-order valence-corrected chi connectivity index (χ2v) is 7.64. The van der Waals surface area contributed by atoms with E-state index in [1.165, 1.54) is 6.33 Å². The van der Waals surface area contributed by atoms with Gasteiger partial charge in [-0.25, -0.2) is 4.98 Å². The maximum atomic E-state index is 12.2. The predicted octanol–water partition coefficient (Wildman–Crippen LogP) is 0.860. The van der Waals surface area contributed by atoms with E-state index in [1.807, 2.05) is 33.8 Å². The topological polar surface area (TPSA) is 78.7 Å². The van der Waals surface area contributed by atoms with Crippen LogP contribution in [-0.2, 0) is 4.79 Å². The molecule has 0 spiro atoms. The van der Waals surface area contributed by atoms with Crippen LogP contribution in [0.4, 0.5) is 5.82 Å². The molecule has 8 heteroatoms. The number of nitrogens with one attached hydrogen (secondary N) is 1. The first-order valence-corrected chi connectivity index (χ1v) is 8.77. The summed E-state index contributed by atoms with van der Waals surface area (Å²) in [6, 6.07) is 2.05. The van der Waals surface area contributed by atoms with Crippen LogP contribution in [0.15, 0.2) is 12.4 Å². The van der Waals surface area contributed by atoms with E-state index in [4.69, 9.17) is 0 Å². The zero-order valence-electron chi connectivity index (χ0n) is 15.5. The van der Waals surface area contributed by atoms with E-state index in [0.29, 0.717) is 12.3 Å². The highest BCUT2D eigenvalue weighted by Gasteiger charge is 2.21. The molecule has 1 aliphatic heterocycles. The molecule has 1 aliphatic rings. The van der Waals surface area contributed by atoms with Gasteiger partial charge in [0, 0.05) is 43.5 Å². The van der Waals surface area contributed by atoms with Gasteiger partial charge in [-0.2, -0.15) is 14.6 Å². The van der Waals surface area contributed by atoms with Crippen LogP contribution in [0.5, 0.6) is 0 Å². The Morgan fingerprint density at radius 3 is 2.80 bits per heavy atom. The fourth-order valence-electron chi connectivity index (χ4n) is 3.16. The van der Waals surface area contributed by atoms with Crippen LogP contribution in [0, 0.1) is 6.92 Å². The molecule has 3 heterocycles. The SMILES string of the molecule is Cc1cc(N2CCCN(CC(=O)NC(C)(C)C)CC2)n2ncnc2n1. The molecule has 1 fully saturated rings. The highest BCUT2D eigenvalue weighted by Crippen LogP contribution is 2.18. The number of hydrogen-bond acceptors (Lipinski definition) is 6. The summed E-state index contributed by atoms with van der Waals surface area (Å²) < 4.78 is 1.79. The van der Waals surface area contributed by atoms with Gasteiger partial charge in [0.1, 0.15) is 12.1 Å². The van der Waals surface area contributed by atoms with E-state index in [0.717, 1.165) is 44.1 Å². The van der Waals surface area contributed by atoms with Gasteiger partial charge in [-0.1, -0.05) is 0 Å². The second-order valence-electron chi connectivity index (χ2n) is 7.64. The van der Waals surface area contributed by atoms with Crippen LogP contribution in [0.1, 0.15) is 32.9 Å². The normalized spacial score (nSPS) is 16.9. The van der Waals surface area contributed by atoms with Crippen molar-refractivity contribution in [3.63, 3.8) is 0 Å². The Kier molecular flexibility index (Phi) is 4.89. The van der Waals surface area contributed by atoms with Crippen molar-refractivity contribution in [2.75, 3.05) is 37.6 Å². The fourth-order valence-corrected chi connectivity index (χ4v) is 3.16. The van der Waals surface area contributed by atoms with Gasteiger partial charge in [-0.3, -0.25) is 9.69 Å². The first-order chi connectivity index (χ1) is 11.8. The van der Waals surface area contributed by atoms with Crippen LogP contribution < -0.4 is 10.2 Å². The maximum absolute atomic E-state index is 12.2. The van der Waals surface area contributed by atoms with Crippen molar-refractivity contribution in [2.45, 2.75) is 39.7 Å². The standard InChI is InChI=1S/C17H27N7O/c1-13-10-15(24-16(20-13)18-12-19-24)23-7-5-6-22(8-9-23)11-14(25)21-17(2,3)4/h10,12H,5-9,11H2,1-4H3,(H,21,25). The fraction of sp³-hybridized carbons (Fsp3) is 0.647. The van der Waals surface area contributed by atoms with Crippen LogP contribution >= 0.6 is 0 Å². The molecule has 0 aliphatic carbocycles. The van der Waals surface area contributed by atoms with Crippen molar-refractivity contribution in [1.29, 1.82) is 0 Å². The third-order valence-electron chi connectivity index (χ3n) is 4.16. The van der Waals surface area contributed by atoms with Gasteiger partial charge in [0.25, 0.3) is 5.78 Å². The highest BCUT2D eigenvalue weighted by molar-refractivity contribution is 5.78. The molecule has 0 atom stereocenters. The first-order valence-electron chi connectivity index (χ1n) is 8.77. The average Bonchev–Trinajstić information content (AvgIpc) is 2.83. The van der Waals surface area contributed by atoms with Crippen LogP contribution in [0.2, 0.25) is 0 Å². The van der Waals surface area contributed by atoms with E-state index in [1.54, 1.807) is 4.52 Å². The summed E-state index contributed by atoms with van der Waals surface area (Å²) in [6.45, 7) is 12.0. The summed E-state index contributed by atoms with van der Waals surface area (Å²) in [5.41, 5.74) is 0.739. The number of amides is 1. The van der Waals surface area contributed by atoms with E-state index < -0.39 is 0 Å². The van der Waals surface area contributed by atoms with Gasteiger partial charge in [0.15, 0.2) is 0 Å². The Morgan fingerprint density at radius 2 is 2.04 bits per heavy atom. The third-order valence-corrected chi connectivity index (χ3v) is 4.16. The monoisotopic (exact) mass is 345 g/mol. The lowest BCUT2D eigenvalue weighted by Crippen LogP contribution is -2.46. The number of carbonyl (C=O) groups excluding carboxylic acids is 1. The predicted molar refractivity (Wildman–Crippen MR) is 96.7 cm³/mol. The summed E-state index contributed by atoms with van der Waals surface area (Å²) in [6.07, 6.45) is 2.53. The molecule has 0 unspecified atom stereocenters.